The van der Waals surface area contributed by atoms with Crippen LogP contribution >= 0.6 is 0 Å². The maximum absolute atomic E-state index is 12.6. The van der Waals surface area contributed by atoms with Gasteiger partial charge in [0.15, 0.2) is 0 Å². The van der Waals surface area contributed by atoms with Crippen LogP contribution in [0.4, 0.5) is 5.69 Å². The molecule has 1 saturated heterocycles. The molecule has 1 amide bonds. The van der Waals surface area contributed by atoms with E-state index in [2.05, 4.69) is 38.0 Å². The zero-order chi connectivity index (χ0) is 15.4. The van der Waals surface area contributed by atoms with Crippen molar-refractivity contribution in [2.75, 3.05) is 32.0 Å². The second kappa shape index (κ2) is 6.94. The Bertz CT molecular complexity index is 459. The van der Waals surface area contributed by atoms with E-state index in [1.165, 1.54) is 0 Å². The Kier molecular flexibility index (Phi) is 5.23. The first kappa shape index (κ1) is 15.8. The fourth-order valence-corrected chi connectivity index (χ4v) is 2.75. The number of benzene rings is 1. The third-order valence-electron chi connectivity index (χ3n) is 4.36. The average molecular weight is 289 g/mol. The van der Waals surface area contributed by atoms with Gasteiger partial charge in [-0.2, -0.15) is 0 Å². The normalized spacial score (nSPS) is 23.1. The van der Waals surface area contributed by atoms with Gasteiger partial charge in [0.1, 0.15) is 0 Å². The van der Waals surface area contributed by atoms with Crippen molar-refractivity contribution in [2.45, 2.75) is 39.3 Å². The van der Waals surface area contributed by atoms with Gasteiger partial charge in [-0.1, -0.05) is 6.92 Å². The van der Waals surface area contributed by atoms with Gasteiger partial charge in [-0.15, -0.1) is 0 Å². The van der Waals surface area contributed by atoms with Crippen LogP contribution in [0.1, 0.15) is 37.6 Å². The first-order valence-electron chi connectivity index (χ1n) is 7.88. The van der Waals surface area contributed by atoms with E-state index in [9.17, 15) is 4.79 Å². The Labute approximate surface area is 128 Å². The predicted molar refractivity (Wildman–Crippen MR) is 87.8 cm³/mol. The summed E-state index contributed by atoms with van der Waals surface area (Å²) in [5.74, 6) is 0.142. The highest BCUT2D eigenvalue weighted by molar-refractivity contribution is 5.94. The molecule has 0 bridgehead atoms. The third-order valence-corrected chi connectivity index (χ3v) is 4.36. The van der Waals surface area contributed by atoms with Crippen molar-refractivity contribution < 1.29 is 4.79 Å². The molecule has 1 N–H and O–H groups in total. The maximum Gasteiger partial charge on any atom is 0.253 e. The zero-order valence-corrected chi connectivity index (χ0v) is 13.6. The number of rotatable bonds is 4. The van der Waals surface area contributed by atoms with Crippen LogP contribution in [-0.2, 0) is 0 Å². The van der Waals surface area contributed by atoms with Crippen molar-refractivity contribution in [1.82, 2.24) is 9.80 Å². The number of nitrogens with one attached hydrogen (secondary N) is 1. The second-order valence-corrected chi connectivity index (χ2v) is 6.08. The third kappa shape index (κ3) is 3.76. The molecule has 0 spiro atoms. The standard InChI is InChI=1S/C17H27N3O/c1-5-10-18-16-8-6-15(7-9-16)17(21)20-11-13(2)19(4)14(3)12-20/h6-9,13-14,18H,5,10-12H2,1-4H3. The molecule has 2 unspecified atom stereocenters. The topological polar surface area (TPSA) is 35.6 Å². The minimum atomic E-state index is 0.142. The fraction of sp³-hybridized carbons (Fsp3) is 0.588. The van der Waals surface area contributed by atoms with Crippen LogP contribution in [0.25, 0.3) is 0 Å². The summed E-state index contributed by atoms with van der Waals surface area (Å²) in [6, 6.07) is 8.64. The van der Waals surface area contributed by atoms with Crippen LogP contribution in [0.5, 0.6) is 0 Å². The van der Waals surface area contributed by atoms with Gasteiger partial charge in [0, 0.05) is 43.0 Å². The summed E-state index contributed by atoms with van der Waals surface area (Å²) in [6.45, 7) is 9.05. The number of nitrogens with zero attached hydrogens (tertiary/aromatic N) is 2. The number of carbonyl (C=O) groups excluding carboxylic acids is 1. The van der Waals surface area contributed by atoms with Crippen LogP contribution in [0.2, 0.25) is 0 Å². The van der Waals surface area contributed by atoms with Crippen LogP contribution in [-0.4, -0.2) is 54.5 Å². The Morgan fingerprint density at radius 3 is 2.29 bits per heavy atom. The molecular formula is C17H27N3O. The molecule has 1 aliphatic rings. The van der Waals surface area contributed by atoms with Crippen LogP contribution in [0.15, 0.2) is 24.3 Å². The highest BCUT2D eigenvalue weighted by Crippen LogP contribution is 2.17. The highest BCUT2D eigenvalue weighted by atomic mass is 16.2. The van der Waals surface area contributed by atoms with Gasteiger partial charge in [-0.25, -0.2) is 0 Å². The quantitative estimate of drug-likeness (QED) is 0.925. The summed E-state index contributed by atoms with van der Waals surface area (Å²) in [5, 5.41) is 3.33. The summed E-state index contributed by atoms with van der Waals surface area (Å²) in [4.78, 5) is 16.9. The minimum Gasteiger partial charge on any atom is -0.385 e. The van der Waals surface area contributed by atoms with Crippen LogP contribution in [0.3, 0.4) is 0 Å². The zero-order valence-electron chi connectivity index (χ0n) is 13.6. The summed E-state index contributed by atoms with van der Waals surface area (Å²) >= 11 is 0. The molecule has 2 rings (SSSR count). The van der Waals surface area contributed by atoms with Crippen molar-refractivity contribution in [3.63, 3.8) is 0 Å². The van der Waals surface area contributed by atoms with Crippen molar-refractivity contribution in [3.05, 3.63) is 29.8 Å². The van der Waals surface area contributed by atoms with Crippen LogP contribution in [0, 0.1) is 0 Å². The van der Waals surface area contributed by atoms with Gasteiger partial charge in [0.25, 0.3) is 5.91 Å². The lowest BCUT2D eigenvalue weighted by atomic mass is 10.1. The summed E-state index contributed by atoms with van der Waals surface area (Å²) < 4.78 is 0. The molecule has 1 aliphatic heterocycles. The van der Waals surface area contributed by atoms with Gasteiger partial charge < -0.3 is 10.2 Å². The smallest absolute Gasteiger partial charge is 0.253 e. The summed E-state index contributed by atoms with van der Waals surface area (Å²) in [5.41, 5.74) is 1.86. The van der Waals surface area contributed by atoms with E-state index in [4.69, 9.17) is 0 Å². The molecule has 21 heavy (non-hydrogen) atoms. The fourth-order valence-electron chi connectivity index (χ4n) is 2.75. The van der Waals surface area contributed by atoms with E-state index in [1.54, 1.807) is 0 Å². The molecule has 0 radical (unpaired) electrons. The Morgan fingerprint density at radius 2 is 1.76 bits per heavy atom. The van der Waals surface area contributed by atoms with E-state index >= 15 is 0 Å². The Balaban J connectivity index is 2.02. The van der Waals surface area contributed by atoms with E-state index in [-0.39, 0.29) is 5.91 Å². The Hall–Kier alpha value is -1.55. The SMILES string of the molecule is CCCNc1ccc(C(=O)N2CC(C)N(C)C(C)C2)cc1. The predicted octanol–water partition coefficient (Wildman–Crippen LogP) is 2.67. The monoisotopic (exact) mass is 289 g/mol. The maximum atomic E-state index is 12.6. The molecule has 4 heteroatoms. The van der Waals surface area contributed by atoms with E-state index in [1.807, 2.05) is 29.2 Å². The van der Waals surface area contributed by atoms with Gasteiger partial charge in [0.2, 0.25) is 0 Å². The lowest BCUT2D eigenvalue weighted by Gasteiger charge is -2.42. The lowest BCUT2D eigenvalue weighted by Crippen LogP contribution is -2.56. The van der Waals surface area contributed by atoms with E-state index in [0.29, 0.717) is 12.1 Å². The van der Waals surface area contributed by atoms with Gasteiger partial charge in [-0.05, 0) is 51.6 Å². The molecule has 116 valence electrons. The molecular weight excluding hydrogens is 262 g/mol. The molecule has 4 nitrogen and oxygen atoms in total. The van der Waals surface area contributed by atoms with E-state index < -0.39 is 0 Å². The minimum absolute atomic E-state index is 0.142. The average Bonchev–Trinajstić information content (AvgIpc) is 2.50. The number of carbonyl (C=O) groups is 1. The molecule has 1 aromatic carbocycles. The highest BCUT2D eigenvalue weighted by Gasteiger charge is 2.29. The summed E-state index contributed by atoms with van der Waals surface area (Å²) in [6.07, 6.45) is 1.09. The largest absolute Gasteiger partial charge is 0.385 e. The van der Waals surface area contributed by atoms with Crippen molar-refractivity contribution in [1.29, 1.82) is 0 Å². The number of anilines is 1. The Morgan fingerprint density at radius 1 is 1.19 bits per heavy atom. The van der Waals surface area contributed by atoms with Gasteiger partial charge in [-0.3, -0.25) is 9.69 Å². The van der Waals surface area contributed by atoms with Gasteiger partial charge >= 0.3 is 0 Å². The molecule has 0 aromatic heterocycles. The number of likely N-dealkylation sites (N-methyl/N-ethyl adjacent to an activating group) is 1. The van der Waals surface area contributed by atoms with Gasteiger partial charge in [0.05, 0.1) is 0 Å². The van der Waals surface area contributed by atoms with Crippen LogP contribution < -0.4 is 5.32 Å². The molecule has 1 fully saturated rings. The molecule has 2 atom stereocenters. The molecule has 0 aliphatic carbocycles. The number of hydrogen-bond acceptors (Lipinski definition) is 3. The van der Waals surface area contributed by atoms with Crippen molar-refractivity contribution >= 4 is 11.6 Å². The number of hydrogen-bond donors (Lipinski definition) is 1. The van der Waals surface area contributed by atoms with Crippen molar-refractivity contribution in [2.24, 2.45) is 0 Å². The molecule has 0 saturated carbocycles. The summed E-state index contributed by atoms with van der Waals surface area (Å²) in [7, 11) is 2.13. The lowest BCUT2D eigenvalue weighted by molar-refractivity contribution is 0.0414. The number of amides is 1. The molecule has 1 aromatic rings. The number of piperazine rings is 1. The first-order valence-corrected chi connectivity index (χ1v) is 7.88. The van der Waals surface area contributed by atoms with Crippen molar-refractivity contribution in [3.8, 4) is 0 Å². The molecule has 1 heterocycles. The van der Waals surface area contributed by atoms with E-state index in [0.717, 1.165) is 37.3 Å². The second-order valence-electron chi connectivity index (χ2n) is 6.08. The first-order chi connectivity index (χ1) is 10.0.